The van der Waals surface area contributed by atoms with E-state index in [2.05, 4.69) is 20.8 Å². The van der Waals surface area contributed by atoms with Crippen LogP contribution in [0.25, 0.3) is 0 Å². The van der Waals surface area contributed by atoms with Crippen LogP contribution in [0.1, 0.15) is 11.3 Å². The summed E-state index contributed by atoms with van der Waals surface area (Å²) < 4.78 is 6.77. The lowest BCUT2D eigenvalue weighted by molar-refractivity contribution is -0.385. The van der Waals surface area contributed by atoms with E-state index in [9.17, 15) is 14.9 Å². The highest BCUT2D eigenvalue weighted by atomic mass is 32.2. The molecule has 2 heterocycles. The minimum atomic E-state index is -0.484. The molecule has 0 radical (unpaired) electrons. The normalized spacial score (nSPS) is 10.7. The number of rotatable bonds is 7. The van der Waals surface area contributed by atoms with Crippen LogP contribution in [0.3, 0.4) is 0 Å². The van der Waals surface area contributed by atoms with Crippen LogP contribution in [0.4, 0.5) is 11.4 Å². The highest BCUT2D eigenvalue weighted by Gasteiger charge is 2.14. The van der Waals surface area contributed by atoms with Gasteiger partial charge in [0.05, 0.1) is 16.9 Å². The van der Waals surface area contributed by atoms with E-state index in [0.717, 1.165) is 11.8 Å². The number of furan rings is 1. The van der Waals surface area contributed by atoms with Gasteiger partial charge < -0.3 is 9.73 Å². The number of carbonyl (C=O) groups excluding carboxylic acids is 1. The van der Waals surface area contributed by atoms with Gasteiger partial charge in [-0.3, -0.25) is 14.9 Å². The van der Waals surface area contributed by atoms with Gasteiger partial charge in [-0.05, 0) is 35.5 Å². The van der Waals surface area contributed by atoms with E-state index >= 15 is 0 Å². The van der Waals surface area contributed by atoms with Gasteiger partial charge in [0, 0.05) is 17.3 Å². The van der Waals surface area contributed by atoms with Crippen LogP contribution in [-0.4, -0.2) is 36.8 Å². The van der Waals surface area contributed by atoms with Crippen molar-refractivity contribution in [2.24, 2.45) is 0 Å². The first kappa shape index (κ1) is 17.6. The summed E-state index contributed by atoms with van der Waals surface area (Å²) in [4.78, 5) is 22.6. The Labute approximate surface area is 151 Å². The number of carbonyl (C=O) groups is 1. The van der Waals surface area contributed by atoms with E-state index in [1.807, 2.05) is 0 Å². The molecule has 0 fully saturated rings. The lowest BCUT2D eigenvalue weighted by atomic mass is 10.2. The number of nitrogens with one attached hydrogen (secondary N) is 1. The standard InChI is InChI=1S/C15H14N6O4S/c1-10-4-5-11(7-13(10)21(23)24)16-14(22)9-26-15-17-18-19-20(15)8-12-3-2-6-25-12/h2-7H,8-9H2,1H3,(H,16,22). The third-order valence-corrected chi connectivity index (χ3v) is 4.36. The Morgan fingerprint density at radius 1 is 1.42 bits per heavy atom. The van der Waals surface area contributed by atoms with Gasteiger partial charge >= 0.3 is 0 Å². The summed E-state index contributed by atoms with van der Waals surface area (Å²) in [5.41, 5.74) is 0.848. The van der Waals surface area contributed by atoms with Crippen molar-refractivity contribution < 1.29 is 14.1 Å². The fourth-order valence-corrected chi connectivity index (χ4v) is 2.84. The maximum absolute atomic E-state index is 12.1. The topological polar surface area (TPSA) is 129 Å². The Balaban J connectivity index is 1.59. The Morgan fingerprint density at radius 2 is 2.27 bits per heavy atom. The number of nitrogens with zero attached hydrogens (tertiary/aromatic N) is 5. The minimum absolute atomic E-state index is 0.0437. The van der Waals surface area contributed by atoms with Crippen molar-refractivity contribution in [3.05, 3.63) is 58.0 Å². The molecule has 0 aliphatic heterocycles. The van der Waals surface area contributed by atoms with Gasteiger partial charge in [-0.25, -0.2) is 4.68 Å². The fourth-order valence-electron chi connectivity index (χ4n) is 2.16. The maximum atomic E-state index is 12.1. The quantitative estimate of drug-likeness (QED) is 0.379. The van der Waals surface area contributed by atoms with Crippen molar-refractivity contribution in [3.8, 4) is 0 Å². The largest absolute Gasteiger partial charge is 0.467 e. The molecule has 1 amide bonds. The second-order valence-corrected chi connectivity index (χ2v) is 6.24. The SMILES string of the molecule is Cc1ccc(NC(=O)CSc2nnnn2Cc2ccco2)cc1[N+](=O)[O-]. The Morgan fingerprint density at radius 3 is 3.00 bits per heavy atom. The first-order chi connectivity index (χ1) is 12.5. The van der Waals surface area contributed by atoms with E-state index < -0.39 is 4.92 Å². The van der Waals surface area contributed by atoms with E-state index in [-0.39, 0.29) is 17.3 Å². The third-order valence-electron chi connectivity index (χ3n) is 3.41. The number of aromatic nitrogens is 4. The molecule has 0 unspecified atom stereocenters. The molecule has 0 saturated carbocycles. The number of hydrogen-bond donors (Lipinski definition) is 1. The zero-order valence-corrected chi connectivity index (χ0v) is 14.5. The molecule has 134 valence electrons. The first-order valence-electron chi connectivity index (χ1n) is 7.49. The summed E-state index contributed by atoms with van der Waals surface area (Å²) in [6.45, 7) is 1.99. The van der Waals surface area contributed by atoms with Crippen molar-refractivity contribution in [1.29, 1.82) is 0 Å². The molecule has 0 saturated heterocycles. The van der Waals surface area contributed by atoms with Crippen LogP contribution in [0.15, 0.2) is 46.2 Å². The van der Waals surface area contributed by atoms with Gasteiger partial charge in [-0.2, -0.15) is 0 Å². The molecule has 0 spiro atoms. The van der Waals surface area contributed by atoms with Gasteiger partial charge in [0.15, 0.2) is 0 Å². The molecule has 0 aliphatic rings. The second kappa shape index (κ2) is 7.78. The number of thioether (sulfide) groups is 1. The van der Waals surface area contributed by atoms with Crippen molar-refractivity contribution in [2.75, 3.05) is 11.1 Å². The molecule has 0 atom stereocenters. The monoisotopic (exact) mass is 374 g/mol. The lowest BCUT2D eigenvalue weighted by Crippen LogP contribution is -2.15. The molecule has 11 heteroatoms. The fraction of sp³-hybridized carbons (Fsp3) is 0.200. The predicted octanol–water partition coefficient (Wildman–Crippen LogP) is 2.26. The lowest BCUT2D eigenvalue weighted by Gasteiger charge is -2.06. The molecular weight excluding hydrogens is 360 g/mol. The van der Waals surface area contributed by atoms with Gasteiger partial charge in [-0.1, -0.05) is 17.8 Å². The van der Waals surface area contributed by atoms with Gasteiger partial charge in [0.2, 0.25) is 11.1 Å². The summed E-state index contributed by atoms with van der Waals surface area (Å²) in [6.07, 6.45) is 1.56. The molecular formula is C15H14N6O4S. The smallest absolute Gasteiger partial charge is 0.274 e. The maximum Gasteiger partial charge on any atom is 0.274 e. The number of anilines is 1. The molecule has 2 aromatic heterocycles. The summed E-state index contributed by atoms with van der Waals surface area (Å²) in [7, 11) is 0. The summed E-state index contributed by atoms with van der Waals surface area (Å²) >= 11 is 1.16. The Hall–Kier alpha value is -3.21. The van der Waals surface area contributed by atoms with Crippen LogP contribution >= 0.6 is 11.8 Å². The van der Waals surface area contributed by atoms with Crippen LogP contribution in [-0.2, 0) is 11.3 Å². The van der Waals surface area contributed by atoms with Crippen LogP contribution < -0.4 is 5.32 Å². The Kier molecular flexibility index (Phi) is 5.27. The number of aryl methyl sites for hydroxylation is 1. The third kappa shape index (κ3) is 4.25. The van der Waals surface area contributed by atoms with Crippen LogP contribution in [0, 0.1) is 17.0 Å². The molecule has 0 bridgehead atoms. The van der Waals surface area contributed by atoms with E-state index in [1.54, 1.807) is 37.5 Å². The zero-order chi connectivity index (χ0) is 18.5. The highest BCUT2D eigenvalue weighted by molar-refractivity contribution is 7.99. The second-order valence-electron chi connectivity index (χ2n) is 5.29. The van der Waals surface area contributed by atoms with Crippen molar-refractivity contribution in [1.82, 2.24) is 20.2 Å². The Bertz CT molecular complexity index is 924. The molecule has 0 aliphatic carbocycles. The van der Waals surface area contributed by atoms with Gasteiger partial charge in [-0.15, -0.1) is 5.10 Å². The molecule has 1 N–H and O–H groups in total. The molecule has 3 rings (SSSR count). The van der Waals surface area contributed by atoms with Gasteiger partial charge in [0.25, 0.3) is 5.69 Å². The van der Waals surface area contributed by atoms with Crippen molar-refractivity contribution in [3.63, 3.8) is 0 Å². The number of nitro groups is 1. The van der Waals surface area contributed by atoms with Crippen molar-refractivity contribution in [2.45, 2.75) is 18.6 Å². The van der Waals surface area contributed by atoms with Crippen LogP contribution in [0.2, 0.25) is 0 Å². The number of tetrazole rings is 1. The average Bonchev–Trinajstić information content (AvgIpc) is 3.27. The predicted molar refractivity (Wildman–Crippen MR) is 92.8 cm³/mol. The molecule has 3 aromatic rings. The minimum Gasteiger partial charge on any atom is -0.467 e. The van der Waals surface area contributed by atoms with Gasteiger partial charge in [0.1, 0.15) is 12.3 Å². The summed E-state index contributed by atoms with van der Waals surface area (Å²) in [6, 6.07) is 8.10. The number of hydrogen-bond acceptors (Lipinski definition) is 8. The highest BCUT2D eigenvalue weighted by Crippen LogP contribution is 2.23. The molecule has 10 nitrogen and oxygen atoms in total. The first-order valence-corrected chi connectivity index (χ1v) is 8.48. The number of amides is 1. The number of benzene rings is 1. The van der Waals surface area contributed by atoms with Crippen LogP contribution in [0.5, 0.6) is 0 Å². The zero-order valence-electron chi connectivity index (χ0n) is 13.7. The van der Waals surface area contributed by atoms with E-state index in [4.69, 9.17) is 4.42 Å². The van der Waals surface area contributed by atoms with E-state index in [0.29, 0.717) is 28.7 Å². The summed E-state index contributed by atoms with van der Waals surface area (Å²) in [5.74, 6) is 0.427. The molecule has 1 aromatic carbocycles. The van der Waals surface area contributed by atoms with Crippen molar-refractivity contribution >= 4 is 29.0 Å². The summed E-state index contributed by atoms with van der Waals surface area (Å²) in [5, 5.41) is 25.4. The molecule has 26 heavy (non-hydrogen) atoms. The average molecular weight is 374 g/mol. The number of nitro benzene ring substituents is 1. The van der Waals surface area contributed by atoms with E-state index in [1.165, 1.54) is 10.7 Å².